The van der Waals surface area contributed by atoms with E-state index in [1.54, 1.807) is 0 Å². The molecular weight excluding hydrogens is 196 g/mol. The number of hydrogen-bond acceptors (Lipinski definition) is 4. The summed E-state index contributed by atoms with van der Waals surface area (Å²) in [6, 6.07) is 3.76. The maximum absolute atomic E-state index is 10.4. The largest absolute Gasteiger partial charge is 0.295 e. The topological polar surface area (TPSA) is 72.6 Å². The van der Waals surface area contributed by atoms with Crippen LogP contribution in [-0.4, -0.2) is 11.0 Å². The molecule has 1 aromatic rings. The van der Waals surface area contributed by atoms with Gasteiger partial charge in [0.2, 0.25) is 6.08 Å². The first-order valence-corrected chi connectivity index (χ1v) is 3.55. The number of aliphatic imine (C=N–C) groups is 1. The van der Waals surface area contributed by atoms with E-state index in [2.05, 4.69) is 4.99 Å². The molecule has 0 aliphatic carbocycles. The van der Waals surface area contributed by atoms with E-state index < -0.39 is 4.92 Å². The Morgan fingerprint density at radius 2 is 2.23 bits per heavy atom. The zero-order valence-electron chi connectivity index (χ0n) is 6.23. The van der Waals surface area contributed by atoms with Gasteiger partial charge in [0.25, 0.3) is 5.69 Å². The van der Waals surface area contributed by atoms with Crippen molar-refractivity contribution in [2.45, 2.75) is 0 Å². The highest BCUT2D eigenvalue weighted by atomic mass is 35.5. The van der Waals surface area contributed by atoms with Gasteiger partial charge in [-0.25, -0.2) is 4.79 Å². The Morgan fingerprint density at radius 3 is 2.77 bits per heavy atom. The van der Waals surface area contributed by atoms with E-state index in [4.69, 9.17) is 11.6 Å². The summed E-state index contributed by atoms with van der Waals surface area (Å²) in [6.07, 6.45) is 1.22. The molecule has 0 unspecified atom stereocenters. The summed E-state index contributed by atoms with van der Waals surface area (Å²) >= 11 is 5.54. The van der Waals surface area contributed by atoms with Crippen LogP contribution in [0, 0.1) is 10.1 Å². The van der Waals surface area contributed by atoms with Crippen molar-refractivity contribution in [2.75, 3.05) is 0 Å². The summed E-state index contributed by atoms with van der Waals surface area (Å²) in [5, 5.41) is 10.7. The van der Waals surface area contributed by atoms with Crippen molar-refractivity contribution in [3.05, 3.63) is 33.3 Å². The van der Waals surface area contributed by atoms with Crippen molar-refractivity contribution < 1.29 is 9.72 Å². The summed E-state index contributed by atoms with van der Waals surface area (Å²) in [7, 11) is 0. The van der Waals surface area contributed by atoms with Gasteiger partial charge in [-0.15, -0.1) is 0 Å². The van der Waals surface area contributed by atoms with Crippen molar-refractivity contribution in [1.82, 2.24) is 0 Å². The van der Waals surface area contributed by atoms with Crippen molar-refractivity contribution in [3.63, 3.8) is 0 Å². The fourth-order valence-electron chi connectivity index (χ4n) is 0.790. The van der Waals surface area contributed by atoms with Gasteiger partial charge < -0.3 is 0 Å². The molecule has 5 nitrogen and oxygen atoms in total. The molecule has 0 saturated carbocycles. The van der Waals surface area contributed by atoms with E-state index >= 15 is 0 Å². The maximum Gasteiger partial charge on any atom is 0.295 e. The molecule has 0 N–H and O–H groups in total. The molecule has 0 heterocycles. The molecule has 0 amide bonds. The average molecular weight is 199 g/mol. The van der Waals surface area contributed by atoms with Crippen molar-refractivity contribution in [3.8, 4) is 0 Å². The monoisotopic (exact) mass is 198 g/mol. The standard InChI is InChI=1S/C7H3ClN2O3/c8-5-1-2-7(10(12)13)6(3-5)9-4-11/h1-3H. The van der Waals surface area contributed by atoms with Crippen LogP contribution in [0.25, 0.3) is 0 Å². The summed E-state index contributed by atoms with van der Waals surface area (Å²) in [6.45, 7) is 0. The molecule has 0 atom stereocenters. The Balaban J connectivity index is 3.34. The number of nitrogens with zero attached hydrogens (tertiary/aromatic N) is 2. The number of carbonyl (C=O) groups excluding carboxylic acids is 1. The molecular formula is C7H3ClN2O3. The summed E-state index contributed by atoms with van der Waals surface area (Å²) in [4.78, 5) is 22.8. The van der Waals surface area contributed by atoms with Crippen molar-refractivity contribution in [2.24, 2.45) is 4.99 Å². The predicted molar refractivity (Wildman–Crippen MR) is 45.9 cm³/mol. The summed E-state index contributed by atoms with van der Waals surface area (Å²) < 4.78 is 0. The average Bonchev–Trinajstić information content (AvgIpc) is 2.04. The Hall–Kier alpha value is -1.71. The highest BCUT2D eigenvalue weighted by molar-refractivity contribution is 6.30. The molecule has 0 bridgehead atoms. The zero-order chi connectivity index (χ0) is 9.84. The van der Waals surface area contributed by atoms with Crippen LogP contribution in [0.3, 0.4) is 0 Å². The molecule has 0 saturated heterocycles. The van der Waals surface area contributed by atoms with Crippen LogP contribution in [0.5, 0.6) is 0 Å². The van der Waals surface area contributed by atoms with E-state index in [9.17, 15) is 14.9 Å². The van der Waals surface area contributed by atoms with Gasteiger partial charge in [-0.1, -0.05) is 11.6 Å². The maximum atomic E-state index is 10.4. The second-order valence-electron chi connectivity index (χ2n) is 2.09. The first kappa shape index (κ1) is 9.38. The minimum atomic E-state index is -0.646. The van der Waals surface area contributed by atoms with E-state index in [1.807, 2.05) is 0 Å². The van der Waals surface area contributed by atoms with Crippen LogP contribution in [0.1, 0.15) is 0 Å². The normalized spacial score (nSPS) is 9.00. The van der Waals surface area contributed by atoms with Crippen LogP contribution < -0.4 is 0 Å². The van der Waals surface area contributed by atoms with Crippen molar-refractivity contribution in [1.29, 1.82) is 0 Å². The Labute approximate surface area is 77.8 Å². The van der Waals surface area contributed by atoms with E-state index in [0.717, 1.165) is 0 Å². The Morgan fingerprint density at radius 1 is 1.54 bits per heavy atom. The molecule has 0 aliphatic rings. The SMILES string of the molecule is O=C=Nc1cc(Cl)ccc1[N+](=O)[O-]. The molecule has 1 rings (SSSR count). The Kier molecular flexibility index (Phi) is 2.74. The van der Waals surface area contributed by atoms with Gasteiger partial charge in [0.05, 0.1) is 4.92 Å². The van der Waals surface area contributed by atoms with Crippen LogP contribution in [0.2, 0.25) is 5.02 Å². The van der Waals surface area contributed by atoms with E-state index in [0.29, 0.717) is 0 Å². The predicted octanol–water partition coefficient (Wildman–Crippen LogP) is 2.22. The number of nitro benzene ring substituents is 1. The van der Waals surface area contributed by atoms with E-state index in [-0.39, 0.29) is 16.4 Å². The number of rotatable bonds is 2. The molecule has 0 spiro atoms. The lowest BCUT2D eigenvalue weighted by molar-refractivity contribution is -0.384. The number of hydrogen-bond donors (Lipinski definition) is 0. The molecule has 66 valence electrons. The lowest BCUT2D eigenvalue weighted by Gasteiger charge is -1.94. The number of benzene rings is 1. The molecule has 0 fully saturated rings. The van der Waals surface area contributed by atoms with Gasteiger partial charge >= 0.3 is 0 Å². The summed E-state index contributed by atoms with van der Waals surface area (Å²) in [5.74, 6) is 0. The lowest BCUT2D eigenvalue weighted by atomic mass is 10.3. The molecule has 1 aromatic carbocycles. The second kappa shape index (κ2) is 3.80. The van der Waals surface area contributed by atoms with Crippen LogP contribution in [0.4, 0.5) is 11.4 Å². The smallest absolute Gasteiger partial charge is 0.258 e. The second-order valence-corrected chi connectivity index (χ2v) is 2.53. The number of nitro groups is 1. The summed E-state index contributed by atoms with van der Waals surface area (Å²) in [5.41, 5.74) is -0.361. The third-order valence-corrected chi connectivity index (χ3v) is 1.54. The Bertz CT molecular complexity index is 399. The quantitative estimate of drug-likeness (QED) is 0.317. The minimum Gasteiger partial charge on any atom is -0.258 e. The van der Waals surface area contributed by atoms with Gasteiger partial charge in [0, 0.05) is 11.1 Å². The minimum absolute atomic E-state index is 0.0903. The van der Waals surface area contributed by atoms with Gasteiger partial charge in [-0.05, 0) is 12.1 Å². The third kappa shape index (κ3) is 2.11. The first-order valence-electron chi connectivity index (χ1n) is 3.17. The van der Waals surface area contributed by atoms with Gasteiger partial charge in [-0.3, -0.25) is 10.1 Å². The molecule has 0 radical (unpaired) electrons. The number of halogens is 1. The highest BCUT2D eigenvalue weighted by Gasteiger charge is 2.12. The lowest BCUT2D eigenvalue weighted by Crippen LogP contribution is -1.87. The first-order chi connectivity index (χ1) is 6.15. The van der Waals surface area contributed by atoms with Gasteiger partial charge in [-0.2, -0.15) is 4.99 Å². The third-order valence-electron chi connectivity index (χ3n) is 1.30. The zero-order valence-corrected chi connectivity index (χ0v) is 6.99. The molecule has 0 aromatic heterocycles. The van der Waals surface area contributed by atoms with Gasteiger partial charge in [0.15, 0.2) is 5.69 Å². The van der Waals surface area contributed by atoms with Crippen LogP contribution in [-0.2, 0) is 4.79 Å². The fourth-order valence-corrected chi connectivity index (χ4v) is 0.956. The highest BCUT2D eigenvalue weighted by Crippen LogP contribution is 2.29. The number of isocyanates is 1. The van der Waals surface area contributed by atoms with Gasteiger partial charge in [0.1, 0.15) is 0 Å². The molecule has 6 heteroatoms. The van der Waals surface area contributed by atoms with Crippen LogP contribution in [0.15, 0.2) is 23.2 Å². The molecule has 0 aliphatic heterocycles. The van der Waals surface area contributed by atoms with E-state index in [1.165, 1.54) is 24.3 Å². The van der Waals surface area contributed by atoms with Crippen LogP contribution >= 0.6 is 11.6 Å². The fraction of sp³-hybridized carbons (Fsp3) is 0. The molecule has 13 heavy (non-hydrogen) atoms. The van der Waals surface area contributed by atoms with Crippen molar-refractivity contribution >= 4 is 29.1 Å².